The third-order valence-corrected chi connectivity index (χ3v) is 5.81. The van der Waals surface area contributed by atoms with Crippen molar-refractivity contribution < 1.29 is 23.9 Å². The molecule has 0 radical (unpaired) electrons. The van der Waals surface area contributed by atoms with Crippen LogP contribution in [0, 0.1) is 5.92 Å². The molecule has 3 atom stereocenters. The number of benzene rings is 2. The van der Waals surface area contributed by atoms with Crippen LogP contribution in [0.3, 0.4) is 0 Å². The minimum atomic E-state index is -0.905. The summed E-state index contributed by atoms with van der Waals surface area (Å²) in [5.74, 6) is -0.221. The summed E-state index contributed by atoms with van der Waals surface area (Å²) in [5, 5.41) is 5.66. The fourth-order valence-corrected chi connectivity index (χ4v) is 3.76. The molecule has 2 rings (SSSR count). The van der Waals surface area contributed by atoms with Crippen LogP contribution in [0.5, 0.6) is 5.75 Å². The molecule has 0 saturated heterocycles. The Balaban J connectivity index is 2.40. The average Bonchev–Trinajstić information content (AvgIpc) is 2.84. The molecule has 0 aliphatic carbocycles. The molecule has 3 unspecified atom stereocenters. The van der Waals surface area contributed by atoms with E-state index in [0.717, 1.165) is 0 Å². The molecule has 2 N–H and O–H groups in total. The lowest BCUT2D eigenvalue weighted by molar-refractivity contribution is -0.141. The average molecular weight is 498 g/mol. The predicted molar refractivity (Wildman–Crippen MR) is 141 cm³/mol. The molecule has 0 bridgehead atoms. The highest BCUT2D eigenvalue weighted by Crippen LogP contribution is 2.26. The van der Waals surface area contributed by atoms with Crippen molar-refractivity contribution in [2.45, 2.75) is 65.6 Å². The first-order valence-electron chi connectivity index (χ1n) is 12.3. The van der Waals surface area contributed by atoms with Gasteiger partial charge in [-0.05, 0) is 63.4 Å². The van der Waals surface area contributed by atoms with Gasteiger partial charge in [-0.1, -0.05) is 50.6 Å². The van der Waals surface area contributed by atoms with Crippen molar-refractivity contribution in [3.63, 3.8) is 0 Å². The second-order valence-corrected chi connectivity index (χ2v) is 9.66. The molecule has 36 heavy (non-hydrogen) atoms. The van der Waals surface area contributed by atoms with Crippen LogP contribution >= 0.6 is 0 Å². The number of alkyl carbamates (subject to hydrolysis) is 1. The Hall–Kier alpha value is -3.55. The second-order valence-electron chi connectivity index (χ2n) is 9.66. The number of hydrogen-bond donors (Lipinski definition) is 2. The van der Waals surface area contributed by atoms with E-state index in [1.54, 1.807) is 52.1 Å². The molecule has 196 valence electrons. The molecule has 0 saturated carbocycles. The molecule has 8 nitrogen and oxygen atoms in total. The number of carbonyl (C=O) groups excluding carboxylic acids is 3. The third-order valence-electron chi connectivity index (χ3n) is 5.81. The van der Waals surface area contributed by atoms with Crippen molar-refractivity contribution in [3.8, 4) is 5.75 Å². The second kappa shape index (κ2) is 13.0. The SMILES string of the molecule is CCC(C)C(NC(=O)OC(C)(C)C)C(=O)N(CC)C(C(=O)Nc1ccc(OC)cc1)c1ccccc1. The van der Waals surface area contributed by atoms with E-state index in [1.807, 2.05) is 51.1 Å². The van der Waals surface area contributed by atoms with Crippen LogP contribution in [0.2, 0.25) is 0 Å². The van der Waals surface area contributed by atoms with Crippen molar-refractivity contribution in [3.05, 3.63) is 60.2 Å². The van der Waals surface area contributed by atoms with Crippen LogP contribution in [0.1, 0.15) is 59.6 Å². The monoisotopic (exact) mass is 497 g/mol. The van der Waals surface area contributed by atoms with Crippen LogP contribution in [-0.2, 0) is 14.3 Å². The Morgan fingerprint density at radius 3 is 2.08 bits per heavy atom. The highest BCUT2D eigenvalue weighted by molar-refractivity contribution is 5.99. The summed E-state index contributed by atoms with van der Waals surface area (Å²) in [7, 11) is 1.57. The molecule has 0 fully saturated rings. The summed E-state index contributed by atoms with van der Waals surface area (Å²) in [4.78, 5) is 41.6. The number of methoxy groups -OCH3 is 1. The first-order valence-corrected chi connectivity index (χ1v) is 12.3. The minimum absolute atomic E-state index is 0.180. The third kappa shape index (κ3) is 8.00. The predicted octanol–water partition coefficient (Wildman–Crippen LogP) is 5.16. The van der Waals surface area contributed by atoms with Crippen molar-refractivity contribution in [1.29, 1.82) is 0 Å². The molecule has 3 amide bonds. The van der Waals surface area contributed by atoms with Gasteiger partial charge in [-0.25, -0.2) is 4.79 Å². The zero-order valence-corrected chi connectivity index (χ0v) is 22.3. The molecular formula is C28H39N3O5. The van der Waals surface area contributed by atoms with Crippen molar-refractivity contribution >= 4 is 23.6 Å². The van der Waals surface area contributed by atoms with Crippen molar-refractivity contribution in [2.75, 3.05) is 19.0 Å². The quantitative estimate of drug-likeness (QED) is 0.472. The van der Waals surface area contributed by atoms with E-state index in [4.69, 9.17) is 9.47 Å². The van der Waals surface area contributed by atoms with E-state index in [0.29, 0.717) is 23.4 Å². The molecule has 0 heterocycles. The van der Waals surface area contributed by atoms with E-state index in [1.165, 1.54) is 4.90 Å². The smallest absolute Gasteiger partial charge is 0.408 e. The van der Waals surface area contributed by atoms with Gasteiger partial charge < -0.3 is 25.0 Å². The maximum Gasteiger partial charge on any atom is 0.408 e. The largest absolute Gasteiger partial charge is 0.497 e. The first-order chi connectivity index (χ1) is 17.0. The van der Waals surface area contributed by atoms with Crippen LogP contribution < -0.4 is 15.4 Å². The standard InChI is InChI=1S/C28H39N3O5/c1-8-19(3)23(30-27(34)36-28(4,5)6)26(33)31(9-2)24(20-13-11-10-12-14-20)25(32)29-21-15-17-22(35-7)18-16-21/h10-19,23-24H,8-9H2,1-7H3,(H,29,32)(H,30,34). The van der Waals surface area contributed by atoms with Gasteiger partial charge in [0.2, 0.25) is 5.91 Å². The van der Waals surface area contributed by atoms with Crippen LogP contribution in [0.25, 0.3) is 0 Å². The molecule has 0 aromatic heterocycles. The first kappa shape index (κ1) is 28.7. The van der Waals surface area contributed by atoms with E-state index in [-0.39, 0.29) is 24.3 Å². The zero-order chi connectivity index (χ0) is 26.9. The van der Waals surface area contributed by atoms with Gasteiger partial charge in [-0.15, -0.1) is 0 Å². The fraction of sp³-hybridized carbons (Fsp3) is 0.464. The van der Waals surface area contributed by atoms with Crippen LogP contribution in [0.4, 0.5) is 10.5 Å². The van der Waals surface area contributed by atoms with Gasteiger partial charge in [0.05, 0.1) is 7.11 Å². The summed E-state index contributed by atoms with van der Waals surface area (Å²) in [6.45, 7) is 11.2. The van der Waals surface area contributed by atoms with Gasteiger partial charge in [0, 0.05) is 12.2 Å². The minimum Gasteiger partial charge on any atom is -0.497 e. The Morgan fingerprint density at radius 2 is 1.58 bits per heavy atom. The Kier molecular flexibility index (Phi) is 10.3. The number of anilines is 1. The van der Waals surface area contributed by atoms with Gasteiger partial charge in [-0.3, -0.25) is 9.59 Å². The molecule has 0 aliphatic heterocycles. The number of likely N-dealkylation sites (N-methyl/N-ethyl adjacent to an activating group) is 1. The number of carbonyl (C=O) groups is 3. The lowest BCUT2D eigenvalue weighted by Gasteiger charge is -2.35. The summed E-state index contributed by atoms with van der Waals surface area (Å²) in [5.41, 5.74) is 0.539. The summed E-state index contributed by atoms with van der Waals surface area (Å²) < 4.78 is 10.6. The summed E-state index contributed by atoms with van der Waals surface area (Å²) in [6, 6.07) is 14.3. The number of nitrogens with one attached hydrogen (secondary N) is 2. The van der Waals surface area contributed by atoms with Gasteiger partial charge >= 0.3 is 6.09 Å². The normalized spacial score (nSPS) is 13.6. The molecule has 2 aromatic carbocycles. The number of ether oxygens (including phenoxy) is 2. The van der Waals surface area contributed by atoms with E-state index in [9.17, 15) is 14.4 Å². The highest BCUT2D eigenvalue weighted by atomic mass is 16.6. The van der Waals surface area contributed by atoms with Crippen LogP contribution in [0.15, 0.2) is 54.6 Å². The Morgan fingerprint density at radius 1 is 0.972 bits per heavy atom. The fourth-order valence-electron chi connectivity index (χ4n) is 3.76. The van der Waals surface area contributed by atoms with Gasteiger partial charge in [0.15, 0.2) is 0 Å². The maximum atomic E-state index is 13.9. The van der Waals surface area contributed by atoms with E-state index < -0.39 is 23.8 Å². The number of hydrogen-bond acceptors (Lipinski definition) is 5. The van der Waals surface area contributed by atoms with Gasteiger partial charge in [0.25, 0.3) is 5.91 Å². The van der Waals surface area contributed by atoms with Gasteiger partial charge in [-0.2, -0.15) is 0 Å². The molecular weight excluding hydrogens is 458 g/mol. The van der Waals surface area contributed by atoms with E-state index >= 15 is 0 Å². The molecule has 0 spiro atoms. The van der Waals surface area contributed by atoms with E-state index in [2.05, 4.69) is 10.6 Å². The molecule has 8 heteroatoms. The zero-order valence-electron chi connectivity index (χ0n) is 22.3. The number of rotatable bonds is 10. The Bertz CT molecular complexity index is 1000. The number of amides is 3. The van der Waals surface area contributed by atoms with Crippen molar-refractivity contribution in [1.82, 2.24) is 10.2 Å². The molecule has 2 aromatic rings. The summed E-state index contributed by atoms with van der Waals surface area (Å²) >= 11 is 0. The maximum absolute atomic E-state index is 13.9. The lowest BCUT2D eigenvalue weighted by Crippen LogP contribution is -2.54. The topological polar surface area (TPSA) is 97.0 Å². The lowest BCUT2D eigenvalue weighted by atomic mass is 9.96. The summed E-state index contributed by atoms with van der Waals surface area (Å²) in [6.07, 6.45) is -0.0196. The highest BCUT2D eigenvalue weighted by Gasteiger charge is 2.37. The molecule has 0 aliphatic rings. The van der Waals surface area contributed by atoms with Crippen molar-refractivity contribution in [2.24, 2.45) is 5.92 Å². The Labute approximate surface area is 214 Å². The number of nitrogens with zero attached hydrogens (tertiary/aromatic N) is 1. The van der Waals surface area contributed by atoms with Crippen LogP contribution in [-0.4, -0.2) is 48.1 Å². The van der Waals surface area contributed by atoms with Gasteiger partial charge in [0.1, 0.15) is 23.4 Å².